The van der Waals surface area contributed by atoms with Crippen molar-refractivity contribution in [2.24, 2.45) is 0 Å². The van der Waals surface area contributed by atoms with Crippen molar-refractivity contribution >= 4 is 10.9 Å². The van der Waals surface area contributed by atoms with E-state index in [0.29, 0.717) is 6.04 Å². The molecule has 2 unspecified atom stereocenters. The number of hydrogen-bond donors (Lipinski definition) is 2. The van der Waals surface area contributed by atoms with Crippen LogP contribution in [0.15, 0.2) is 30.5 Å². The minimum atomic E-state index is -0.155. The number of nitrogens with one attached hydrogen (secondary N) is 1. The Morgan fingerprint density at radius 2 is 2.24 bits per heavy atom. The minimum Gasteiger partial charge on any atom is -0.393 e. The number of nitrogens with zero attached hydrogens (tertiary/aromatic N) is 1. The van der Waals surface area contributed by atoms with Crippen molar-refractivity contribution in [3.63, 3.8) is 0 Å². The maximum atomic E-state index is 9.80. The molecule has 2 aromatic rings. The number of hydrogen-bond acceptors (Lipinski definition) is 2. The molecule has 2 N–H and O–H groups in total. The Labute approximate surface area is 101 Å². The van der Waals surface area contributed by atoms with Crippen LogP contribution in [0.25, 0.3) is 10.9 Å². The van der Waals surface area contributed by atoms with Crippen LogP contribution in [0.1, 0.15) is 24.4 Å². The molecule has 0 spiro atoms. The summed E-state index contributed by atoms with van der Waals surface area (Å²) in [6, 6.07) is 8.96. The number of aromatic amines is 1. The van der Waals surface area contributed by atoms with E-state index in [1.165, 1.54) is 16.5 Å². The predicted molar refractivity (Wildman–Crippen MR) is 68.9 cm³/mol. The van der Waals surface area contributed by atoms with E-state index in [2.05, 4.69) is 41.2 Å². The molecule has 2 atom stereocenters. The zero-order valence-corrected chi connectivity index (χ0v) is 10.1. The molecule has 3 heteroatoms. The molecular weight excluding hydrogens is 212 g/mol. The van der Waals surface area contributed by atoms with E-state index in [1.54, 1.807) is 0 Å². The monoisotopic (exact) mass is 230 g/mol. The van der Waals surface area contributed by atoms with Gasteiger partial charge < -0.3 is 10.1 Å². The third-order valence-corrected chi connectivity index (χ3v) is 3.80. The molecule has 1 fully saturated rings. The van der Waals surface area contributed by atoms with Gasteiger partial charge in [-0.2, -0.15) is 0 Å². The molecule has 1 aromatic heterocycles. The van der Waals surface area contributed by atoms with E-state index in [1.807, 2.05) is 6.20 Å². The number of likely N-dealkylation sites (tertiary alicyclic amines) is 1. The first-order chi connectivity index (χ1) is 8.24. The van der Waals surface area contributed by atoms with E-state index in [0.717, 1.165) is 19.4 Å². The summed E-state index contributed by atoms with van der Waals surface area (Å²) in [6.45, 7) is 0.969. The fourth-order valence-electron chi connectivity index (χ4n) is 2.73. The third kappa shape index (κ3) is 1.96. The van der Waals surface area contributed by atoms with Gasteiger partial charge in [0.25, 0.3) is 0 Å². The quantitative estimate of drug-likeness (QED) is 0.789. The average Bonchev–Trinajstić information content (AvgIpc) is 2.79. The summed E-state index contributed by atoms with van der Waals surface area (Å²) >= 11 is 0. The first kappa shape index (κ1) is 10.8. The second-order valence-corrected chi connectivity index (χ2v) is 5.00. The summed E-state index contributed by atoms with van der Waals surface area (Å²) in [7, 11) is 2.14. The molecule has 3 rings (SSSR count). The van der Waals surface area contributed by atoms with Crippen LogP contribution in [0.2, 0.25) is 0 Å². The maximum absolute atomic E-state index is 9.80. The Kier molecular flexibility index (Phi) is 2.65. The highest BCUT2D eigenvalue weighted by atomic mass is 16.3. The molecule has 1 aliphatic heterocycles. The molecule has 1 aromatic carbocycles. The van der Waals surface area contributed by atoms with Crippen LogP contribution in [0.3, 0.4) is 0 Å². The Hall–Kier alpha value is -1.32. The lowest BCUT2D eigenvalue weighted by Crippen LogP contribution is -2.35. The number of rotatable bonds is 1. The highest BCUT2D eigenvalue weighted by Crippen LogP contribution is 2.31. The van der Waals surface area contributed by atoms with Crippen LogP contribution in [0.4, 0.5) is 0 Å². The number of aliphatic hydroxyl groups is 1. The van der Waals surface area contributed by atoms with Gasteiger partial charge in [0, 0.05) is 24.3 Å². The van der Waals surface area contributed by atoms with E-state index >= 15 is 0 Å². The molecule has 0 bridgehead atoms. The van der Waals surface area contributed by atoms with E-state index in [9.17, 15) is 5.11 Å². The first-order valence-electron chi connectivity index (χ1n) is 6.19. The Bertz CT molecular complexity index is 520. The highest BCUT2D eigenvalue weighted by Gasteiger charge is 2.25. The number of H-pyrrole nitrogens is 1. The van der Waals surface area contributed by atoms with Crippen molar-refractivity contribution in [3.05, 3.63) is 36.0 Å². The standard InChI is InChI=1S/C14H18N2O/c1-16-7-5-12(17)9-14(16)11-2-3-13-10(8-11)4-6-15-13/h2-4,6,8,12,14-15,17H,5,7,9H2,1H3. The first-order valence-corrected chi connectivity index (χ1v) is 6.19. The highest BCUT2D eigenvalue weighted by molar-refractivity contribution is 5.80. The summed E-state index contributed by atoms with van der Waals surface area (Å²) in [6.07, 6.45) is 3.54. The zero-order chi connectivity index (χ0) is 11.8. The van der Waals surface area contributed by atoms with Crippen molar-refractivity contribution in [2.75, 3.05) is 13.6 Å². The summed E-state index contributed by atoms with van der Waals surface area (Å²) in [4.78, 5) is 5.54. The number of aromatic nitrogens is 1. The maximum Gasteiger partial charge on any atom is 0.0570 e. The van der Waals surface area contributed by atoms with E-state index in [4.69, 9.17) is 0 Å². The van der Waals surface area contributed by atoms with Crippen molar-refractivity contribution < 1.29 is 5.11 Å². The Balaban J connectivity index is 1.95. The molecule has 2 heterocycles. The summed E-state index contributed by atoms with van der Waals surface area (Å²) in [5.41, 5.74) is 2.48. The molecule has 17 heavy (non-hydrogen) atoms. The number of aliphatic hydroxyl groups excluding tert-OH is 1. The molecule has 90 valence electrons. The molecule has 0 aliphatic carbocycles. The lowest BCUT2D eigenvalue weighted by atomic mass is 9.93. The van der Waals surface area contributed by atoms with Crippen molar-refractivity contribution in [3.8, 4) is 0 Å². The van der Waals surface area contributed by atoms with Gasteiger partial charge in [0.2, 0.25) is 0 Å². The third-order valence-electron chi connectivity index (χ3n) is 3.80. The number of fused-ring (bicyclic) bond motifs is 1. The summed E-state index contributed by atoms with van der Waals surface area (Å²) in [5, 5.41) is 11.0. The molecule has 1 aliphatic rings. The van der Waals surface area contributed by atoms with Gasteiger partial charge in [-0.05, 0) is 49.0 Å². The van der Waals surface area contributed by atoms with Gasteiger partial charge in [-0.25, -0.2) is 0 Å². The minimum absolute atomic E-state index is 0.155. The van der Waals surface area contributed by atoms with E-state index < -0.39 is 0 Å². The summed E-state index contributed by atoms with van der Waals surface area (Å²) < 4.78 is 0. The summed E-state index contributed by atoms with van der Waals surface area (Å²) in [5.74, 6) is 0. The van der Waals surface area contributed by atoms with Gasteiger partial charge in [0.05, 0.1) is 6.10 Å². The molecule has 3 nitrogen and oxygen atoms in total. The van der Waals surface area contributed by atoms with Gasteiger partial charge in [0.1, 0.15) is 0 Å². The smallest absolute Gasteiger partial charge is 0.0570 e. The fourth-order valence-corrected chi connectivity index (χ4v) is 2.73. The van der Waals surface area contributed by atoms with Crippen LogP contribution < -0.4 is 0 Å². The van der Waals surface area contributed by atoms with Crippen molar-refractivity contribution in [2.45, 2.75) is 25.0 Å². The SMILES string of the molecule is CN1CCC(O)CC1c1ccc2[nH]ccc2c1. The molecule has 0 saturated carbocycles. The lowest BCUT2D eigenvalue weighted by Gasteiger charge is -2.35. The average molecular weight is 230 g/mol. The zero-order valence-electron chi connectivity index (χ0n) is 10.1. The molecular formula is C14H18N2O. The van der Waals surface area contributed by atoms with Crippen LogP contribution in [0.5, 0.6) is 0 Å². The molecule has 1 saturated heterocycles. The van der Waals surface area contributed by atoms with Gasteiger partial charge >= 0.3 is 0 Å². The van der Waals surface area contributed by atoms with Crippen LogP contribution in [-0.2, 0) is 0 Å². The topological polar surface area (TPSA) is 39.3 Å². The largest absolute Gasteiger partial charge is 0.393 e. The van der Waals surface area contributed by atoms with Crippen molar-refractivity contribution in [1.29, 1.82) is 0 Å². The van der Waals surface area contributed by atoms with Crippen LogP contribution >= 0.6 is 0 Å². The Morgan fingerprint density at radius 3 is 3.12 bits per heavy atom. The number of piperidine rings is 1. The van der Waals surface area contributed by atoms with Crippen molar-refractivity contribution in [1.82, 2.24) is 9.88 Å². The molecule has 0 radical (unpaired) electrons. The van der Waals surface area contributed by atoms with Gasteiger partial charge in [-0.3, -0.25) is 4.90 Å². The van der Waals surface area contributed by atoms with Gasteiger partial charge in [-0.15, -0.1) is 0 Å². The predicted octanol–water partition coefficient (Wildman–Crippen LogP) is 2.30. The second kappa shape index (κ2) is 4.17. The number of benzene rings is 1. The second-order valence-electron chi connectivity index (χ2n) is 5.00. The van der Waals surface area contributed by atoms with Gasteiger partial charge in [-0.1, -0.05) is 6.07 Å². The molecule has 0 amide bonds. The lowest BCUT2D eigenvalue weighted by molar-refractivity contribution is 0.0553. The fraction of sp³-hybridized carbons (Fsp3) is 0.429. The van der Waals surface area contributed by atoms with E-state index in [-0.39, 0.29) is 6.10 Å². The van der Waals surface area contributed by atoms with Crippen LogP contribution in [-0.4, -0.2) is 34.7 Å². The Morgan fingerprint density at radius 1 is 1.35 bits per heavy atom. The van der Waals surface area contributed by atoms with Crippen LogP contribution in [0, 0.1) is 0 Å². The normalized spacial score (nSPS) is 26.5. The van der Waals surface area contributed by atoms with Gasteiger partial charge in [0.15, 0.2) is 0 Å².